The molecule has 0 bridgehead atoms. The highest BCUT2D eigenvalue weighted by Gasteiger charge is 2.23. The summed E-state index contributed by atoms with van der Waals surface area (Å²) >= 11 is 5.95. The highest BCUT2D eigenvalue weighted by atomic mass is 35.5. The van der Waals surface area contributed by atoms with Crippen LogP contribution in [0.2, 0.25) is 5.02 Å². The van der Waals surface area contributed by atoms with Crippen molar-refractivity contribution in [1.29, 1.82) is 0 Å². The Bertz CT molecular complexity index is 661. The van der Waals surface area contributed by atoms with Crippen molar-refractivity contribution in [2.24, 2.45) is 0 Å². The van der Waals surface area contributed by atoms with Crippen LogP contribution in [0.25, 0.3) is 11.1 Å². The van der Waals surface area contributed by atoms with E-state index in [2.05, 4.69) is 17.0 Å². The maximum atomic E-state index is 10.9. The normalized spacial score (nSPS) is 18.0. The zero-order valence-corrected chi connectivity index (χ0v) is 15.5. The minimum atomic E-state index is -0.801. The fourth-order valence-corrected chi connectivity index (χ4v) is 3.41. The molecule has 1 heterocycles. The van der Waals surface area contributed by atoms with Gasteiger partial charge in [-0.25, -0.2) is 0 Å². The van der Waals surface area contributed by atoms with E-state index < -0.39 is 5.60 Å². The Hall–Kier alpha value is -1.39. The lowest BCUT2D eigenvalue weighted by molar-refractivity contribution is 0.0222. The molecule has 3 nitrogen and oxygen atoms in total. The van der Waals surface area contributed by atoms with Crippen LogP contribution in [0.1, 0.15) is 25.3 Å². The van der Waals surface area contributed by atoms with E-state index >= 15 is 0 Å². The van der Waals surface area contributed by atoms with Gasteiger partial charge in [0.1, 0.15) is 0 Å². The van der Waals surface area contributed by atoms with Crippen molar-refractivity contribution in [2.45, 2.75) is 25.4 Å². The van der Waals surface area contributed by atoms with E-state index in [4.69, 9.17) is 16.3 Å². The summed E-state index contributed by atoms with van der Waals surface area (Å²) in [6.07, 6.45) is 1.73. The molecular weight excluding hydrogens is 334 g/mol. The molecule has 1 aliphatic heterocycles. The van der Waals surface area contributed by atoms with Crippen molar-refractivity contribution in [1.82, 2.24) is 4.90 Å². The van der Waals surface area contributed by atoms with Gasteiger partial charge in [0, 0.05) is 18.1 Å². The van der Waals surface area contributed by atoms with E-state index in [-0.39, 0.29) is 0 Å². The van der Waals surface area contributed by atoms with Crippen molar-refractivity contribution >= 4 is 11.6 Å². The number of hydrogen-bond acceptors (Lipinski definition) is 3. The summed E-state index contributed by atoms with van der Waals surface area (Å²) in [5, 5.41) is 11.6. The number of aliphatic hydroxyl groups is 1. The van der Waals surface area contributed by atoms with Crippen LogP contribution in [0.5, 0.6) is 0 Å². The number of halogens is 1. The zero-order chi connectivity index (χ0) is 17.7. The molecule has 1 unspecified atom stereocenters. The third-order valence-electron chi connectivity index (χ3n) is 4.93. The quantitative estimate of drug-likeness (QED) is 0.833. The molecule has 1 N–H and O–H groups in total. The Labute approximate surface area is 155 Å². The predicted molar refractivity (Wildman–Crippen MR) is 103 cm³/mol. The van der Waals surface area contributed by atoms with Gasteiger partial charge in [-0.1, -0.05) is 48.0 Å². The van der Waals surface area contributed by atoms with Gasteiger partial charge in [-0.15, -0.1) is 0 Å². The minimum absolute atomic E-state index is 0.739. The topological polar surface area (TPSA) is 32.7 Å². The second-order valence-electron chi connectivity index (χ2n) is 6.92. The van der Waals surface area contributed by atoms with Crippen LogP contribution in [0.15, 0.2) is 48.5 Å². The molecule has 0 aliphatic carbocycles. The molecular formula is C21H26ClNO2. The smallest absolute Gasteiger partial charge is 0.0869 e. The molecule has 0 aromatic heterocycles. The maximum absolute atomic E-state index is 10.9. The monoisotopic (exact) mass is 359 g/mol. The summed E-state index contributed by atoms with van der Waals surface area (Å²) in [6.45, 7) is 6.56. The van der Waals surface area contributed by atoms with E-state index in [0.29, 0.717) is 0 Å². The molecule has 3 rings (SSSR count). The van der Waals surface area contributed by atoms with Crippen molar-refractivity contribution in [3.8, 4) is 11.1 Å². The van der Waals surface area contributed by atoms with Gasteiger partial charge in [0.15, 0.2) is 0 Å². The van der Waals surface area contributed by atoms with E-state index in [9.17, 15) is 5.11 Å². The van der Waals surface area contributed by atoms with Crippen LogP contribution in [0, 0.1) is 0 Å². The molecule has 1 fully saturated rings. The predicted octanol–water partition coefficient (Wildman–Crippen LogP) is 4.33. The molecule has 1 aliphatic rings. The van der Waals surface area contributed by atoms with E-state index in [1.54, 1.807) is 0 Å². The first-order valence-electron chi connectivity index (χ1n) is 8.93. The second-order valence-corrected chi connectivity index (χ2v) is 7.35. The molecule has 1 atom stereocenters. The first kappa shape index (κ1) is 18.4. The Morgan fingerprint density at radius 3 is 2.16 bits per heavy atom. The van der Waals surface area contributed by atoms with Gasteiger partial charge in [0.2, 0.25) is 0 Å². The lowest BCUT2D eigenvalue weighted by Gasteiger charge is -2.29. The molecule has 134 valence electrons. The fourth-order valence-electron chi connectivity index (χ4n) is 3.28. The van der Waals surface area contributed by atoms with Gasteiger partial charge in [0.05, 0.1) is 18.8 Å². The molecule has 25 heavy (non-hydrogen) atoms. The highest BCUT2D eigenvalue weighted by molar-refractivity contribution is 6.30. The minimum Gasteiger partial charge on any atom is -0.385 e. The van der Waals surface area contributed by atoms with E-state index in [1.165, 1.54) is 0 Å². The van der Waals surface area contributed by atoms with Crippen molar-refractivity contribution < 1.29 is 9.84 Å². The fraction of sp³-hybridized carbons (Fsp3) is 0.429. The van der Waals surface area contributed by atoms with Gasteiger partial charge in [0.25, 0.3) is 0 Å². The summed E-state index contributed by atoms with van der Waals surface area (Å²) in [5.74, 6) is 0. The highest BCUT2D eigenvalue weighted by Crippen LogP contribution is 2.29. The molecule has 2 aromatic rings. The van der Waals surface area contributed by atoms with Crippen LogP contribution >= 0.6 is 11.6 Å². The second kappa shape index (κ2) is 8.33. The Morgan fingerprint density at radius 2 is 1.56 bits per heavy atom. The average Bonchev–Trinajstić information content (AvgIpc) is 2.63. The van der Waals surface area contributed by atoms with Crippen LogP contribution in [0.3, 0.4) is 0 Å². The van der Waals surface area contributed by atoms with Crippen LogP contribution < -0.4 is 0 Å². The van der Waals surface area contributed by atoms with Gasteiger partial charge < -0.3 is 9.84 Å². The number of ether oxygens (including phenoxy) is 1. The lowest BCUT2D eigenvalue weighted by Crippen LogP contribution is -2.37. The van der Waals surface area contributed by atoms with Crippen molar-refractivity contribution in [2.75, 3.05) is 32.8 Å². The molecule has 1 saturated heterocycles. The summed E-state index contributed by atoms with van der Waals surface area (Å²) in [5.41, 5.74) is 2.42. The summed E-state index contributed by atoms with van der Waals surface area (Å²) in [6, 6.07) is 16.0. The summed E-state index contributed by atoms with van der Waals surface area (Å²) in [7, 11) is 0. The molecule has 0 amide bonds. The van der Waals surface area contributed by atoms with Crippen molar-refractivity contribution in [3.05, 3.63) is 59.1 Å². The maximum Gasteiger partial charge on any atom is 0.0869 e. The summed E-state index contributed by atoms with van der Waals surface area (Å²) in [4.78, 5) is 2.41. The molecule has 0 saturated carbocycles. The van der Waals surface area contributed by atoms with Gasteiger partial charge in [-0.05, 0) is 55.1 Å². The average molecular weight is 360 g/mol. The van der Waals surface area contributed by atoms with Crippen LogP contribution in [0.4, 0.5) is 0 Å². The van der Waals surface area contributed by atoms with E-state index in [1.807, 2.05) is 43.3 Å². The molecule has 4 heteroatoms. The van der Waals surface area contributed by atoms with Gasteiger partial charge in [-0.3, -0.25) is 4.90 Å². The van der Waals surface area contributed by atoms with Gasteiger partial charge >= 0.3 is 0 Å². The Morgan fingerprint density at radius 1 is 1.00 bits per heavy atom. The zero-order valence-electron chi connectivity index (χ0n) is 14.7. The largest absolute Gasteiger partial charge is 0.385 e. The summed E-state index contributed by atoms with van der Waals surface area (Å²) < 4.78 is 5.37. The van der Waals surface area contributed by atoms with Crippen LogP contribution in [-0.4, -0.2) is 42.9 Å². The molecule has 2 aromatic carbocycles. The van der Waals surface area contributed by atoms with E-state index in [0.717, 1.165) is 67.4 Å². The Balaban J connectivity index is 1.58. The number of rotatable bonds is 6. The van der Waals surface area contributed by atoms with Crippen molar-refractivity contribution in [3.63, 3.8) is 0 Å². The van der Waals surface area contributed by atoms with Gasteiger partial charge in [-0.2, -0.15) is 0 Å². The first-order valence-corrected chi connectivity index (χ1v) is 9.31. The molecule has 0 radical (unpaired) electrons. The van der Waals surface area contributed by atoms with Crippen LogP contribution in [-0.2, 0) is 10.3 Å². The lowest BCUT2D eigenvalue weighted by atomic mass is 9.89. The Kier molecular flexibility index (Phi) is 6.13. The number of nitrogens with zero attached hydrogens (tertiary/aromatic N) is 1. The number of morpholine rings is 1. The number of benzene rings is 2. The first-order chi connectivity index (χ1) is 12.0. The standard InChI is InChI=1S/C21H26ClNO2/c1-21(24,11-2-12-23-13-15-25-16-14-23)19-7-3-17(4-8-19)18-5-9-20(22)10-6-18/h3-10,24H,2,11-16H2,1H3. The number of hydrogen-bond donors (Lipinski definition) is 1. The molecule has 0 spiro atoms. The SMILES string of the molecule is CC(O)(CCCN1CCOCC1)c1ccc(-c2ccc(Cl)cc2)cc1. The third-order valence-corrected chi connectivity index (χ3v) is 5.18. The third kappa shape index (κ3) is 5.05.